The Morgan fingerprint density at radius 1 is 1.33 bits per heavy atom. The lowest BCUT2D eigenvalue weighted by molar-refractivity contribution is 0.187. The SMILES string of the molecule is Cc1cc(C2CCC2)nc(NC[C@@H]2CCOC2)n1. The van der Waals surface area contributed by atoms with Crippen LogP contribution < -0.4 is 5.32 Å². The van der Waals surface area contributed by atoms with Crippen LogP contribution in [0.5, 0.6) is 0 Å². The lowest BCUT2D eigenvalue weighted by atomic mass is 9.83. The molecule has 1 atom stereocenters. The number of hydrogen-bond donors (Lipinski definition) is 1. The highest BCUT2D eigenvalue weighted by Gasteiger charge is 2.22. The van der Waals surface area contributed by atoms with Crippen molar-refractivity contribution in [3.63, 3.8) is 0 Å². The fourth-order valence-electron chi connectivity index (χ4n) is 2.57. The van der Waals surface area contributed by atoms with Gasteiger partial charge in [-0.3, -0.25) is 0 Å². The van der Waals surface area contributed by atoms with Crippen LogP contribution in [0.25, 0.3) is 0 Å². The quantitative estimate of drug-likeness (QED) is 0.888. The standard InChI is InChI=1S/C14H21N3O/c1-10-7-13(12-3-2-4-12)17-14(16-10)15-8-11-5-6-18-9-11/h7,11-12H,2-6,8-9H2,1H3,(H,15,16,17)/t11-/m0/s1. The summed E-state index contributed by atoms with van der Waals surface area (Å²) in [5, 5.41) is 3.37. The third kappa shape index (κ3) is 2.64. The predicted octanol–water partition coefficient (Wildman–Crippen LogP) is 2.50. The Labute approximate surface area is 108 Å². The van der Waals surface area contributed by atoms with Crippen LogP contribution in [0, 0.1) is 12.8 Å². The largest absolute Gasteiger partial charge is 0.381 e. The molecule has 0 spiro atoms. The smallest absolute Gasteiger partial charge is 0.223 e. The third-order valence-corrected chi connectivity index (χ3v) is 3.97. The molecule has 2 heterocycles. The fourth-order valence-corrected chi connectivity index (χ4v) is 2.57. The predicted molar refractivity (Wildman–Crippen MR) is 70.8 cm³/mol. The first-order valence-corrected chi connectivity index (χ1v) is 6.98. The van der Waals surface area contributed by atoms with Crippen LogP contribution in [0.3, 0.4) is 0 Å². The van der Waals surface area contributed by atoms with Gasteiger partial charge in [0.05, 0.1) is 6.61 Å². The molecule has 2 fully saturated rings. The van der Waals surface area contributed by atoms with Crippen molar-refractivity contribution in [1.29, 1.82) is 0 Å². The van der Waals surface area contributed by atoms with Crippen LogP contribution in [0.4, 0.5) is 5.95 Å². The van der Waals surface area contributed by atoms with Crippen molar-refractivity contribution in [2.75, 3.05) is 25.1 Å². The molecule has 0 unspecified atom stereocenters. The maximum atomic E-state index is 5.38. The van der Waals surface area contributed by atoms with E-state index in [2.05, 4.69) is 21.4 Å². The molecule has 0 aromatic carbocycles. The molecule has 18 heavy (non-hydrogen) atoms. The first-order chi connectivity index (χ1) is 8.81. The van der Waals surface area contributed by atoms with E-state index in [1.54, 1.807) is 0 Å². The van der Waals surface area contributed by atoms with Crippen molar-refractivity contribution >= 4 is 5.95 Å². The fraction of sp³-hybridized carbons (Fsp3) is 0.714. The van der Waals surface area contributed by atoms with Crippen LogP contribution >= 0.6 is 0 Å². The van der Waals surface area contributed by atoms with E-state index in [4.69, 9.17) is 4.74 Å². The number of anilines is 1. The van der Waals surface area contributed by atoms with Crippen LogP contribution in [-0.4, -0.2) is 29.7 Å². The zero-order valence-corrected chi connectivity index (χ0v) is 11.0. The molecule has 1 aliphatic heterocycles. The highest BCUT2D eigenvalue weighted by atomic mass is 16.5. The summed E-state index contributed by atoms with van der Waals surface area (Å²) >= 11 is 0. The van der Waals surface area contributed by atoms with Gasteiger partial charge in [-0.15, -0.1) is 0 Å². The topological polar surface area (TPSA) is 47.0 Å². The summed E-state index contributed by atoms with van der Waals surface area (Å²) in [7, 11) is 0. The van der Waals surface area contributed by atoms with E-state index in [0.717, 1.165) is 37.8 Å². The molecular formula is C14H21N3O. The molecule has 0 amide bonds. The minimum atomic E-state index is 0.612. The highest BCUT2D eigenvalue weighted by Crippen LogP contribution is 2.35. The zero-order chi connectivity index (χ0) is 12.4. The number of ether oxygens (including phenoxy) is 1. The minimum absolute atomic E-state index is 0.612. The summed E-state index contributed by atoms with van der Waals surface area (Å²) in [5.74, 6) is 2.08. The molecule has 1 aromatic rings. The average molecular weight is 247 g/mol. The average Bonchev–Trinajstić information content (AvgIpc) is 2.76. The number of aromatic nitrogens is 2. The number of nitrogens with one attached hydrogen (secondary N) is 1. The van der Waals surface area contributed by atoms with Gasteiger partial charge in [-0.2, -0.15) is 0 Å². The molecule has 1 N–H and O–H groups in total. The van der Waals surface area contributed by atoms with Gasteiger partial charge in [0.25, 0.3) is 0 Å². The maximum absolute atomic E-state index is 5.38. The van der Waals surface area contributed by atoms with Gasteiger partial charge in [-0.05, 0) is 32.3 Å². The van der Waals surface area contributed by atoms with E-state index in [9.17, 15) is 0 Å². The summed E-state index contributed by atoms with van der Waals surface area (Å²) in [4.78, 5) is 9.13. The van der Waals surface area contributed by atoms with Crippen molar-refractivity contribution in [1.82, 2.24) is 9.97 Å². The third-order valence-electron chi connectivity index (χ3n) is 3.97. The minimum Gasteiger partial charge on any atom is -0.381 e. The molecule has 1 saturated heterocycles. The van der Waals surface area contributed by atoms with E-state index in [0.29, 0.717) is 11.8 Å². The van der Waals surface area contributed by atoms with Crippen LogP contribution in [0.15, 0.2) is 6.07 Å². The molecule has 1 saturated carbocycles. The van der Waals surface area contributed by atoms with Gasteiger partial charge >= 0.3 is 0 Å². The Bertz CT molecular complexity index is 412. The first kappa shape index (κ1) is 11.9. The van der Waals surface area contributed by atoms with Crippen molar-refractivity contribution in [3.8, 4) is 0 Å². The summed E-state index contributed by atoms with van der Waals surface area (Å²) < 4.78 is 5.38. The van der Waals surface area contributed by atoms with Crippen LogP contribution in [-0.2, 0) is 4.74 Å². The lowest BCUT2D eigenvalue weighted by Crippen LogP contribution is -2.18. The Kier molecular flexibility index (Phi) is 3.46. The summed E-state index contributed by atoms with van der Waals surface area (Å²) in [6.07, 6.45) is 5.06. The summed E-state index contributed by atoms with van der Waals surface area (Å²) in [5.41, 5.74) is 2.29. The van der Waals surface area contributed by atoms with Crippen LogP contribution in [0.1, 0.15) is 43.0 Å². The number of rotatable bonds is 4. The molecule has 1 aliphatic carbocycles. The van der Waals surface area contributed by atoms with Crippen molar-refractivity contribution in [2.45, 2.75) is 38.5 Å². The van der Waals surface area contributed by atoms with E-state index in [1.807, 2.05) is 6.92 Å². The Morgan fingerprint density at radius 3 is 2.89 bits per heavy atom. The molecule has 1 aromatic heterocycles. The first-order valence-electron chi connectivity index (χ1n) is 6.98. The second kappa shape index (κ2) is 5.22. The molecule has 0 radical (unpaired) electrons. The summed E-state index contributed by atoms with van der Waals surface area (Å²) in [6.45, 7) is 4.74. The molecule has 98 valence electrons. The molecule has 0 bridgehead atoms. The maximum Gasteiger partial charge on any atom is 0.223 e. The monoisotopic (exact) mass is 247 g/mol. The van der Waals surface area contributed by atoms with E-state index in [1.165, 1.54) is 25.0 Å². The zero-order valence-electron chi connectivity index (χ0n) is 11.0. The molecule has 4 nitrogen and oxygen atoms in total. The van der Waals surface area contributed by atoms with Gasteiger partial charge in [0.1, 0.15) is 0 Å². The second-order valence-electron chi connectivity index (χ2n) is 5.50. The van der Waals surface area contributed by atoms with Gasteiger partial charge in [0, 0.05) is 36.4 Å². The lowest BCUT2D eigenvalue weighted by Gasteiger charge is -2.25. The molecule has 2 aliphatic rings. The number of aryl methyl sites for hydroxylation is 1. The number of nitrogens with zero attached hydrogens (tertiary/aromatic N) is 2. The summed E-state index contributed by atoms with van der Waals surface area (Å²) in [6, 6.07) is 2.13. The van der Waals surface area contributed by atoms with Crippen LogP contribution in [0.2, 0.25) is 0 Å². The van der Waals surface area contributed by atoms with Gasteiger partial charge in [0.15, 0.2) is 0 Å². The normalized spacial score (nSPS) is 23.9. The van der Waals surface area contributed by atoms with E-state index in [-0.39, 0.29) is 0 Å². The van der Waals surface area contributed by atoms with Gasteiger partial charge < -0.3 is 10.1 Å². The molecule has 3 rings (SSSR count). The molecular weight excluding hydrogens is 226 g/mol. The van der Waals surface area contributed by atoms with Gasteiger partial charge in [0.2, 0.25) is 5.95 Å². The van der Waals surface area contributed by atoms with Gasteiger partial charge in [-0.1, -0.05) is 6.42 Å². The Morgan fingerprint density at radius 2 is 2.22 bits per heavy atom. The second-order valence-corrected chi connectivity index (χ2v) is 5.50. The van der Waals surface area contributed by atoms with Crippen molar-refractivity contribution in [3.05, 3.63) is 17.5 Å². The highest BCUT2D eigenvalue weighted by molar-refractivity contribution is 5.30. The van der Waals surface area contributed by atoms with Crippen molar-refractivity contribution in [2.24, 2.45) is 5.92 Å². The van der Waals surface area contributed by atoms with Gasteiger partial charge in [-0.25, -0.2) is 9.97 Å². The Hall–Kier alpha value is -1.16. The molecule has 4 heteroatoms. The van der Waals surface area contributed by atoms with E-state index < -0.39 is 0 Å². The van der Waals surface area contributed by atoms with E-state index >= 15 is 0 Å². The van der Waals surface area contributed by atoms with Crippen molar-refractivity contribution < 1.29 is 4.74 Å². The number of hydrogen-bond acceptors (Lipinski definition) is 4. The Balaban J connectivity index is 1.64.